The number of ether oxygens (including phenoxy) is 1. The molecule has 0 saturated carbocycles. The minimum absolute atomic E-state index is 0.0131. The summed E-state index contributed by atoms with van der Waals surface area (Å²) in [7, 11) is 1.44. The quantitative estimate of drug-likeness (QED) is 0.620. The number of aromatic carboxylic acids is 1. The van der Waals surface area contributed by atoms with Gasteiger partial charge in [0.2, 0.25) is 11.2 Å². The second-order valence-electron chi connectivity index (χ2n) is 9.34. The molecule has 1 aliphatic carbocycles. The third-order valence-electron chi connectivity index (χ3n) is 6.42. The smallest absolute Gasteiger partial charge is 0.335 e. The molecule has 156 valence electrons. The van der Waals surface area contributed by atoms with E-state index >= 15 is 0 Å². The molecule has 0 radical (unpaired) electrons. The fourth-order valence-electron chi connectivity index (χ4n) is 4.38. The Labute approximate surface area is 175 Å². The molecule has 5 nitrogen and oxygen atoms in total. The third kappa shape index (κ3) is 3.09. The molecular weight excluding hydrogens is 380 g/mol. The summed E-state index contributed by atoms with van der Waals surface area (Å²) < 4.78 is 11.6. The predicted octanol–water partition coefficient (Wildman–Crippen LogP) is 5.52. The van der Waals surface area contributed by atoms with Crippen molar-refractivity contribution in [2.75, 3.05) is 7.11 Å². The van der Waals surface area contributed by atoms with E-state index in [1.165, 1.54) is 30.4 Å². The summed E-state index contributed by atoms with van der Waals surface area (Å²) in [5, 5.41) is 9.64. The standard InChI is InChI=1S/C25H26O5/c1-24(2)10-11-25(3,4)18-13-19-16(12-17(18)24)20(26)22(29-5)21(30-19)14-6-8-15(9-7-14)23(27)28/h6-9,12-13H,10-11H2,1-5H3,(H,27,28). The van der Waals surface area contributed by atoms with Gasteiger partial charge in [0, 0.05) is 5.56 Å². The summed E-state index contributed by atoms with van der Waals surface area (Å²) in [5.41, 5.74) is 3.39. The van der Waals surface area contributed by atoms with Gasteiger partial charge in [-0.3, -0.25) is 4.79 Å². The molecule has 0 spiro atoms. The topological polar surface area (TPSA) is 76.7 Å². The summed E-state index contributed by atoms with van der Waals surface area (Å²) >= 11 is 0. The zero-order valence-electron chi connectivity index (χ0n) is 18.0. The molecule has 0 aliphatic heterocycles. The van der Waals surface area contributed by atoms with Crippen LogP contribution in [0.2, 0.25) is 0 Å². The fourth-order valence-corrected chi connectivity index (χ4v) is 4.38. The van der Waals surface area contributed by atoms with Crippen LogP contribution >= 0.6 is 0 Å². The minimum Gasteiger partial charge on any atom is -0.490 e. The molecule has 3 aromatic rings. The average Bonchev–Trinajstić information content (AvgIpc) is 2.71. The number of methoxy groups -OCH3 is 1. The van der Waals surface area contributed by atoms with E-state index in [0.717, 1.165) is 12.8 Å². The van der Waals surface area contributed by atoms with Crippen LogP contribution in [0.5, 0.6) is 5.75 Å². The van der Waals surface area contributed by atoms with E-state index in [4.69, 9.17) is 14.3 Å². The molecule has 5 heteroatoms. The Morgan fingerprint density at radius 1 is 1.00 bits per heavy atom. The maximum Gasteiger partial charge on any atom is 0.335 e. The Balaban J connectivity index is 2.00. The van der Waals surface area contributed by atoms with Gasteiger partial charge in [0.05, 0.1) is 18.1 Å². The summed E-state index contributed by atoms with van der Waals surface area (Å²) in [5.74, 6) is -0.580. The number of rotatable bonds is 3. The van der Waals surface area contributed by atoms with E-state index in [9.17, 15) is 9.59 Å². The molecule has 0 saturated heterocycles. The first kappa shape index (κ1) is 20.2. The lowest BCUT2D eigenvalue weighted by Gasteiger charge is -2.41. The number of benzene rings is 2. The number of hydrogen-bond donors (Lipinski definition) is 1. The van der Waals surface area contributed by atoms with Gasteiger partial charge in [0.1, 0.15) is 5.58 Å². The number of fused-ring (bicyclic) bond motifs is 2. The van der Waals surface area contributed by atoms with Crippen molar-refractivity contribution in [3.63, 3.8) is 0 Å². The molecule has 0 bridgehead atoms. The summed E-state index contributed by atoms with van der Waals surface area (Å²) in [4.78, 5) is 24.5. The molecule has 4 rings (SSSR count). The van der Waals surface area contributed by atoms with Crippen LogP contribution in [-0.4, -0.2) is 18.2 Å². The van der Waals surface area contributed by atoms with Crippen molar-refractivity contribution in [1.29, 1.82) is 0 Å². The van der Waals surface area contributed by atoms with Crippen molar-refractivity contribution in [2.45, 2.75) is 51.4 Å². The summed E-state index contributed by atoms with van der Waals surface area (Å²) in [6.45, 7) is 8.87. The first-order valence-corrected chi connectivity index (χ1v) is 10.1. The Morgan fingerprint density at radius 3 is 2.10 bits per heavy atom. The highest BCUT2D eigenvalue weighted by Crippen LogP contribution is 2.47. The second-order valence-corrected chi connectivity index (χ2v) is 9.34. The van der Waals surface area contributed by atoms with Crippen molar-refractivity contribution in [2.24, 2.45) is 0 Å². The van der Waals surface area contributed by atoms with Crippen LogP contribution in [0.25, 0.3) is 22.3 Å². The van der Waals surface area contributed by atoms with Crippen molar-refractivity contribution in [3.8, 4) is 17.1 Å². The highest BCUT2D eigenvalue weighted by molar-refractivity contribution is 5.89. The maximum absolute atomic E-state index is 13.3. The number of hydrogen-bond acceptors (Lipinski definition) is 4. The first-order chi connectivity index (χ1) is 14.0. The zero-order chi connectivity index (χ0) is 21.8. The highest BCUT2D eigenvalue weighted by Gasteiger charge is 2.38. The summed E-state index contributed by atoms with van der Waals surface area (Å²) in [6, 6.07) is 10.2. The Hall–Kier alpha value is -3.08. The molecule has 2 aromatic carbocycles. The van der Waals surface area contributed by atoms with Gasteiger partial charge in [0.15, 0.2) is 5.76 Å². The molecule has 0 amide bonds. The van der Waals surface area contributed by atoms with E-state index in [1.54, 1.807) is 12.1 Å². The molecule has 0 atom stereocenters. The van der Waals surface area contributed by atoms with Gasteiger partial charge < -0.3 is 14.3 Å². The van der Waals surface area contributed by atoms with Crippen LogP contribution in [0.1, 0.15) is 62.0 Å². The maximum atomic E-state index is 13.3. The number of carboxylic acid groups (broad SMARTS) is 1. The minimum atomic E-state index is -1.01. The first-order valence-electron chi connectivity index (χ1n) is 10.1. The van der Waals surface area contributed by atoms with Crippen molar-refractivity contribution >= 4 is 16.9 Å². The Morgan fingerprint density at radius 2 is 1.57 bits per heavy atom. The SMILES string of the molecule is COc1c(-c2ccc(C(=O)O)cc2)oc2cc3c(cc2c1=O)C(C)(C)CCC3(C)C. The van der Waals surface area contributed by atoms with Gasteiger partial charge in [-0.15, -0.1) is 0 Å². The van der Waals surface area contributed by atoms with E-state index in [0.29, 0.717) is 22.3 Å². The zero-order valence-corrected chi connectivity index (χ0v) is 18.0. The normalized spacial score (nSPS) is 16.8. The fraction of sp³-hybridized carbons (Fsp3) is 0.360. The van der Waals surface area contributed by atoms with Crippen molar-refractivity contribution in [3.05, 3.63) is 63.3 Å². The molecule has 1 aromatic heterocycles. The van der Waals surface area contributed by atoms with Crippen LogP contribution in [0.4, 0.5) is 0 Å². The molecular formula is C25H26O5. The molecule has 0 unspecified atom stereocenters. The molecule has 1 N–H and O–H groups in total. The lowest BCUT2D eigenvalue weighted by atomic mass is 9.63. The van der Waals surface area contributed by atoms with Crippen molar-refractivity contribution in [1.82, 2.24) is 0 Å². The highest BCUT2D eigenvalue weighted by atomic mass is 16.5. The van der Waals surface area contributed by atoms with Gasteiger partial charge in [-0.05, 0) is 59.1 Å². The van der Waals surface area contributed by atoms with Gasteiger partial charge in [-0.2, -0.15) is 0 Å². The van der Waals surface area contributed by atoms with Gasteiger partial charge in [-0.1, -0.05) is 39.8 Å². The van der Waals surface area contributed by atoms with Crippen LogP contribution in [0.15, 0.2) is 45.6 Å². The van der Waals surface area contributed by atoms with Gasteiger partial charge in [-0.25, -0.2) is 4.79 Å². The van der Waals surface area contributed by atoms with E-state index < -0.39 is 5.97 Å². The van der Waals surface area contributed by atoms with E-state index in [1.807, 2.05) is 12.1 Å². The Kier molecular flexibility index (Phi) is 4.53. The predicted molar refractivity (Wildman–Crippen MR) is 117 cm³/mol. The van der Waals surface area contributed by atoms with E-state index in [2.05, 4.69) is 27.7 Å². The van der Waals surface area contributed by atoms with Crippen LogP contribution in [0.3, 0.4) is 0 Å². The molecule has 1 heterocycles. The second kappa shape index (κ2) is 6.73. The van der Waals surface area contributed by atoms with Gasteiger partial charge in [0.25, 0.3) is 0 Å². The third-order valence-corrected chi connectivity index (χ3v) is 6.42. The molecule has 30 heavy (non-hydrogen) atoms. The number of carbonyl (C=O) groups is 1. The largest absolute Gasteiger partial charge is 0.490 e. The lowest BCUT2D eigenvalue weighted by molar-refractivity contribution is 0.0697. The Bertz CT molecular complexity index is 1210. The molecule has 0 fully saturated rings. The van der Waals surface area contributed by atoms with Crippen molar-refractivity contribution < 1.29 is 19.1 Å². The van der Waals surface area contributed by atoms with Crippen LogP contribution < -0.4 is 10.2 Å². The number of carboxylic acids is 1. The van der Waals surface area contributed by atoms with Crippen LogP contribution in [-0.2, 0) is 10.8 Å². The van der Waals surface area contributed by atoms with Gasteiger partial charge >= 0.3 is 5.97 Å². The summed E-state index contributed by atoms with van der Waals surface area (Å²) in [6.07, 6.45) is 2.11. The monoisotopic (exact) mass is 406 g/mol. The van der Waals surface area contributed by atoms with E-state index in [-0.39, 0.29) is 27.6 Å². The van der Waals surface area contributed by atoms with Crippen LogP contribution in [0, 0.1) is 0 Å². The molecule has 1 aliphatic rings. The average molecular weight is 406 g/mol. The lowest BCUT2D eigenvalue weighted by Crippen LogP contribution is -2.34.